The van der Waals surface area contributed by atoms with Crippen molar-refractivity contribution in [1.82, 2.24) is 4.98 Å². The SMILES string of the molecule is Cc1cc(C(=O)c2cccc3cnccc23)ccc1Br. The molecule has 0 bridgehead atoms. The first-order chi connectivity index (χ1) is 9.66. The molecule has 0 saturated heterocycles. The average molecular weight is 326 g/mol. The minimum Gasteiger partial charge on any atom is -0.289 e. The Morgan fingerprint density at radius 1 is 1.15 bits per heavy atom. The molecule has 3 aromatic rings. The van der Waals surface area contributed by atoms with Crippen molar-refractivity contribution >= 4 is 32.5 Å². The van der Waals surface area contributed by atoms with E-state index in [0.29, 0.717) is 11.1 Å². The molecule has 0 spiro atoms. The summed E-state index contributed by atoms with van der Waals surface area (Å²) in [4.78, 5) is 16.8. The van der Waals surface area contributed by atoms with Crippen LogP contribution < -0.4 is 0 Å². The monoisotopic (exact) mass is 325 g/mol. The van der Waals surface area contributed by atoms with Crippen molar-refractivity contribution in [3.63, 3.8) is 0 Å². The molecule has 0 amide bonds. The Morgan fingerprint density at radius 3 is 2.80 bits per heavy atom. The van der Waals surface area contributed by atoms with Crippen LogP contribution in [0.3, 0.4) is 0 Å². The molecule has 0 unspecified atom stereocenters. The molecule has 0 saturated carbocycles. The maximum Gasteiger partial charge on any atom is 0.193 e. The first kappa shape index (κ1) is 13.0. The van der Waals surface area contributed by atoms with Crippen LogP contribution in [0, 0.1) is 6.92 Å². The van der Waals surface area contributed by atoms with Gasteiger partial charge in [0.15, 0.2) is 5.78 Å². The summed E-state index contributed by atoms with van der Waals surface area (Å²) in [6, 6.07) is 13.3. The molecule has 20 heavy (non-hydrogen) atoms. The molecule has 1 heterocycles. The van der Waals surface area contributed by atoms with E-state index in [-0.39, 0.29) is 5.78 Å². The summed E-state index contributed by atoms with van der Waals surface area (Å²) in [6.45, 7) is 1.98. The van der Waals surface area contributed by atoms with Crippen LogP contribution in [0.2, 0.25) is 0 Å². The van der Waals surface area contributed by atoms with Crippen LogP contribution in [0.25, 0.3) is 10.8 Å². The van der Waals surface area contributed by atoms with Crippen LogP contribution in [0.5, 0.6) is 0 Å². The third-order valence-corrected chi connectivity index (χ3v) is 4.24. The second-order valence-electron chi connectivity index (χ2n) is 4.70. The number of rotatable bonds is 2. The van der Waals surface area contributed by atoms with Crippen LogP contribution >= 0.6 is 15.9 Å². The maximum atomic E-state index is 12.7. The summed E-state index contributed by atoms with van der Waals surface area (Å²) in [6.07, 6.45) is 3.49. The largest absolute Gasteiger partial charge is 0.289 e. The third kappa shape index (κ3) is 2.25. The number of pyridine rings is 1. The maximum absolute atomic E-state index is 12.7. The number of carbonyl (C=O) groups is 1. The zero-order valence-electron chi connectivity index (χ0n) is 10.9. The zero-order chi connectivity index (χ0) is 14.1. The van der Waals surface area contributed by atoms with Crippen molar-refractivity contribution in [1.29, 1.82) is 0 Å². The van der Waals surface area contributed by atoms with Crippen LogP contribution in [-0.4, -0.2) is 10.8 Å². The van der Waals surface area contributed by atoms with Gasteiger partial charge < -0.3 is 0 Å². The van der Waals surface area contributed by atoms with Gasteiger partial charge >= 0.3 is 0 Å². The highest BCUT2D eigenvalue weighted by Crippen LogP contribution is 2.23. The quantitative estimate of drug-likeness (QED) is 0.647. The number of hydrogen-bond acceptors (Lipinski definition) is 2. The van der Waals surface area contributed by atoms with E-state index in [1.165, 1.54) is 0 Å². The van der Waals surface area contributed by atoms with Crippen molar-refractivity contribution in [2.24, 2.45) is 0 Å². The van der Waals surface area contributed by atoms with Crippen LogP contribution in [0.15, 0.2) is 59.3 Å². The number of fused-ring (bicyclic) bond motifs is 1. The molecule has 0 radical (unpaired) electrons. The molecule has 2 nitrogen and oxygen atoms in total. The van der Waals surface area contributed by atoms with Crippen LogP contribution in [-0.2, 0) is 0 Å². The second kappa shape index (κ2) is 5.17. The minimum atomic E-state index is 0.0393. The number of aryl methyl sites for hydroxylation is 1. The molecule has 2 aromatic carbocycles. The van der Waals surface area contributed by atoms with Gasteiger partial charge in [-0.25, -0.2) is 0 Å². The molecule has 0 fully saturated rings. The summed E-state index contributed by atoms with van der Waals surface area (Å²) in [5, 5.41) is 1.92. The summed E-state index contributed by atoms with van der Waals surface area (Å²) in [5.41, 5.74) is 2.47. The van der Waals surface area contributed by atoms with Gasteiger partial charge in [0.25, 0.3) is 0 Å². The number of nitrogens with zero attached hydrogens (tertiary/aromatic N) is 1. The lowest BCUT2D eigenvalue weighted by Crippen LogP contribution is -2.02. The Balaban J connectivity index is 2.15. The van der Waals surface area contributed by atoms with Gasteiger partial charge in [-0.3, -0.25) is 9.78 Å². The van der Waals surface area contributed by atoms with E-state index in [2.05, 4.69) is 20.9 Å². The van der Waals surface area contributed by atoms with Gasteiger partial charge in [0.05, 0.1) is 0 Å². The van der Waals surface area contributed by atoms with E-state index < -0.39 is 0 Å². The van der Waals surface area contributed by atoms with Crippen molar-refractivity contribution in [2.75, 3.05) is 0 Å². The lowest BCUT2D eigenvalue weighted by molar-refractivity contribution is 0.104. The third-order valence-electron chi connectivity index (χ3n) is 3.35. The zero-order valence-corrected chi connectivity index (χ0v) is 12.5. The van der Waals surface area contributed by atoms with Gasteiger partial charge in [-0.15, -0.1) is 0 Å². The molecule has 3 heteroatoms. The van der Waals surface area contributed by atoms with Gasteiger partial charge in [0.1, 0.15) is 0 Å². The van der Waals surface area contributed by atoms with Gasteiger partial charge in [-0.2, -0.15) is 0 Å². The van der Waals surface area contributed by atoms with Gasteiger partial charge in [-0.1, -0.05) is 34.1 Å². The van der Waals surface area contributed by atoms with E-state index in [1.807, 2.05) is 49.4 Å². The lowest BCUT2D eigenvalue weighted by Gasteiger charge is -2.07. The average Bonchev–Trinajstić information content (AvgIpc) is 2.49. The van der Waals surface area contributed by atoms with Gasteiger partial charge in [-0.05, 0) is 42.1 Å². The van der Waals surface area contributed by atoms with Gasteiger partial charge in [0, 0.05) is 33.4 Å². The molecule has 1 aromatic heterocycles. The highest BCUT2D eigenvalue weighted by Gasteiger charge is 2.13. The molecule has 98 valence electrons. The van der Waals surface area contributed by atoms with Crippen molar-refractivity contribution in [2.45, 2.75) is 6.92 Å². The summed E-state index contributed by atoms with van der Waals surface area (Å²) < 4.78 is 1.01. The fourth-order valence-electron chi connectivity index (χ4n) is 2.26. The molecular formula is C17H12BrNO. The second-order valence-corrected chi connectivity index (χ2v) is 5.55. The number of halogens is 1. The van der Waals surface area contributed by atoms with Crippen LogP contribution in [0.1, 0.15) is 21.5 Å². The molecule has 3 rings (SSSR count). The fourth-order valence-corrected chi connectivity index (χ4v) is 2.51. The summed E-state index contributed by atoms with van der Waals surface area (Å²) >= 11 is 3.45. The normalized spacial score (nSPS) is 10.7. The predicted molar refractivity (Wildman–Crippen MR) is 84.1 cm³/mol. The standard InChI is InChI=1S/C17H12BrNO/c1-11-9-12(5-6-16(11)18)17(20)15-4-2-3-13-10-19-8-7-14(13)15/h2-10H,1H3. The predicted octanol–water partition coefficient (Wildman–Crippen LogP) is 4.54. The van der Waals surface area contributed by atoms with Crippen LogP contribution in [0.4, 0.5) is 0 Å². The smallest absolute Gasteiger partial charge is 0.193 e. The lowest BCUT2D eigenvalue weighted by atomic mass is 9.97. The Morgan fingerprint density at radius 2 is 2.00 bits per heavy atom. The van der Waals surface area contributed by atoms with E-state index in [1.54, 1.807) is 12.4 Å². The molecular weight excluding hydrogens is 314 g/mol. The molecule has 0 aliphatic rings. The van der Waals surface area contributed by atoms with E-state index in [4.69, 9.17) is 0 Å². The Bertz CT molecular complexity index is 806. The summed E-state index contributed by atoms with van der Waals surface area (Å²) in [5.74, 6) is 0.0393. The fraction of sp³-hybridized carbons (Fsp3) is 0.0588. The Labute approximate surface area is 125 Å². The number of ketones is 1. The first-order valence-electron chi connectivity index (χ1n) is 6.30. The number of carbonyl (C=O) groups excluding carboxylic acids is 1. The topological polar surface area (TPSA) is 30.0 Å². The Kier molecular flexibility index (Phi) is 3.36. The van der Waals surface area contributed by atoms with Gasteiger partial charge in [0.2, 0.25) is 0 Å². The number of benzene rings is 2. The van der Waals surface area contributed by atoms with E-state index >= 15 is 0 Å². The van der Waals surface area contributed by atoms with Crippen molar-refractivity contribution < 1.29 is 4.79 Å². The highest BCUT2D eigenvalue weighted by atomic mass is 79.9. The van der Waals surface area contributed by atoms with E-state index in [9.17, 15) is 4.79 Å². The highest BCUT2D eigenvalue weighted by molar-refractivity contribution is 9.10. The first-order valence-corrected chi connectivity index (χ1v) is 7.10. The molecule has 0 atom stereocenters. The molecule has 0 N–H and O–H groups in total. The molecule has 0 aliphatic carbocycles. The molecule has 0 aliphatic heterocycles. The minimum absolute atomic E-state index is 0.0393. The van der Waals surface area contributed by atoms with E-state index in [0.717, 1.165) is 20.8 Å². The number of aromatic nitrogens is 1. The van der Waals surface area contributed by atoms with Crippen molar-refractivity contribution in [3.05, 3.63) is 76.0 Å². The summed E-state index contributed by atoms with van der Waals surface area (Å²) in [7, 11) is 0. The van der Waals surface area contributed by atoms with Crippen molar-refractivity contribution in [3.8, 4) is 0 Å². The number of hydrogen-bond donors (Lipinski definition) is 0. The Hall–Kier alpha value is -2.00.